The van der Waals surface area contributed by atoms with Crippen LogP contribution in [-0.2, 0) is 6.54 Å². The van der Waals surface area contributed by atoms with Crippen LogP contribution in [0.5, 0.6) is 0 Å². The molecular weight excluding hydrogens is 306 g/mol. The molecule has 84 valence electrons. The zero-order chi connectivity index (χ0) is 11.5. The molecule has 16 heavy (non-hydrogen) atoms. The summed E-state index contributed by atoms with van der Waals surface area (Å²) in [6.45, 7) is 2.53. The van der Waals surface area contributed by atoms with E-state index in [-0.39, 0.29) is 5.91 Å². The van der Waals surface area contributed by atoms with Gasteiger partial charge in [-0.3, -0.25) is 4.79 Å². The number of amides is 1. The van der Waals surface area contributed by atoms with E-state index in [2.05, 4.69) is 21.2 Å². The minimum absolute atomic E-state index is 0.00909. The van der Waals surface area contributed by atoms with Gasteiger partial charge in [-0.1, -0.05) is 0 Å². The Morgan fingerprint density at radius 2 is 2.31 bits per heavy atom. The van der Waals surface area contributed by atoms with E-state index in [0.717, 1.165) is 19.8 Å². The number of thiophene rings is 2. The minimum atomic E-state index is 0.00909. The average molecular weight is 316 g/mol. The first-order chi connectivity index (χ1) is 7.66. The first-order valence-electron chi connectivity index (χ1n) is 4.72. The molecule has 0 aromatic carbocycles. The molecule has 0 saturated heterocycles. The molecule has 0 saturated carbocycles. The van der Waals surface area contributed by atoms with Gasteiger partial charge in [0.1, 0.15) is 0 Å². The van der Waals surface area contributed by atoms with Gasteiger partial charge in [0.15, 0.2) is 0 Å². The van der Waals surface area contributed by atoms with Gasteiger partial charge in [-0.2, -0.15) is 0 Å². The minimum Gasteiger partial charge on any atom is -0.347 e. The van der Waals surface area contributed by atoms with Crippen molar-refractivity contribution < 1.29 is 4.79 Å². The van der Waals surface area contributed by atoms with Crippen molar-refractivity contribution in [2.24, 2.45) is 0 Å². The molecule has 2 heterocycles. The van der Waals surface area contributed by atoms with Crippen molar-refractivity contribution in [2.75, 3.05) is 0 Å². The number of rotatable bonds is 3. The van der Waals surface area contributed by atoms with Gasteiger partial charge in [0, 0.05) is 6.54 Å². The lowest BCUT2D eigenvalue weighted by Gasteiger charge is -2.02. The summed E-state index contributed by atoms with van der Waals surface area (Å²) in [6, 6.07) is 3.98. The molecule has 0 atom stereocenters. The summed E-state index contributed by atoms with van der Waals surface area (Å²) in [5, 5.41) is 6.88. The highest BCUT2D eigenvalue weighted by Crippen LogP contribution is 2.21. The second kappa shape index (κ2) is 5.12. The van der Waals surface area contributed by atoms with Crippen LogP contribution in [-0.4, -0.2) is 5.91 Å². The van der Waals surface area contributed by atoms with Gasteiger partial charge in [-0.25, -0.2) is 0 Å². The van der Waals surface area contributed by atoms with Gasteiger partial charge < -0.3 is 5.32 Å². The van der Waals surface area contributed by atoms with E-state index >= 15 is 0 Å². The predicted molar refractivity (Wildman–Crippen MR) is 72.2 cm³/mol. The van der Waals surface area contributed by atoms with E-state index < -0.39 is 0 Å². The maximum atomic E-state index is 11.8. The zero-order valence-corrected chi connectivity index (χ0v) is 11.8. The molecule has 0 unspecified atom stereocenters. The van der Waals surface area contributed by atoms with E-state index in [1.807, 2.05) is 29.8 Å². The van der Waals surface area contributed by atoms with Gasteiger partial charge in [0.05, 0.1) is 8.66 Å². The monoisotopic (exact) mass is 315 g/mol. The average Bonchev–Trinajstić information content (AvgIpc) is 2.84. The fraction of sp³-hybridized carbons (Fsp3) is 0.182. The number of halogens is 1. The van der Waals surface area contributed by atoms with Crippen LogP contribution in [0.4, 0.5) is 0 Å². The number of aryl methyl sites for hydroxylation is 1. The zero-order valence-electron chi connectivity index (χ0n) is 8.62. The lowest BCUT2D eigenvalue weighted by Crippen LogP contribution is -2.22. The molecule has 0 fully saturated rings. The third-order valence-corrected chi connectivity index (χ3v) is 4.71. The molecule has 1 amide bonds. The van der Waals surface area contributed by atoms with Crippen LogP contribution in [0.3, 0.4) is 0 Å². The number of carbonyl (C=O) groups is 1. The van der Waals surface area contributed by atoms with Crippen LogP contribution >= 0.6 is 38.6 Å². The summed E-state index contributed by atoms with van der Waals surface area (Å²) in [4.78, 5) is 12.6. The van der Waals surface area contributed by atoms with Crippen LogP contribution in [0.25, 0.3) is 0 Å². The first kappa shape index (κ1) is 11.8. The number of hydrogen-bond acceptors (Lipinski definition) is 3. The lowest BCUT2D eigenvalue weighted by molar-refractivity contribution is 0.0954. The van der Waals surface area contributed by atoms with E-state index in [0.29, 0.717) is 6.54 Å². The largest absolute Gasteiger partial charge is 0.347 e. The highest BCUT2D eigenvalue weighted by Gasteiger charge is 2.09. The van der Waals surface area contributed by atoms with Gasteiger partial charge in [-0.05, 0) is 56.9 Å². The molecule has 1 N–H and O–H groups in total. The fourth-order valence-corrected chi connectivity index (χ4v) is 3.36. The third kappa shape index (κ3) is 2.72. The SMILES string of the molecule is Cc1ccsc1C(=O)NCc1csc(Br)c1. The van der Waals surface area contributed by atoms with Crippen LogP contribution in [0.1, 0.15) is 20.8 Å². The molecule has 2 aromatic heterocycles. The van der Waals surface area contributed by atoms with Crippen molar-refractivity contribution in [1.29, 1.82) is 0 Å². The lowest BCUT2D eigenvalue weighted by atomic mass is 10.2. The molecule has 0 spiro atoms. The predicted octanol–water partition coefficient (Wildman–Crippen LogP) is 3.81. The first-order valence-corrected chi connectivity index (χ1v) is 7.27. The summed E-state index contributed by atoms with van der Waals surface area (Å²) in [7, 11) is 0. The molecular formula is C11H10BrNOS2. The van der Waals surface area contributed by atoms with Crippen LogP contribution < -0.4 is 5.32 Å². The normalized spacial score (nSPS) is 10.4. The number of hydrogen-bond donors (Lipinski definition) is 1. The highest BCUT2D eigenvalue weighted by atomic mass is 79.9. The van der Waals surface area contributed by atoms with Crippen LogP contribution in [0, 0.1) is 6.92 Å². The van der Waals surface area contributed by atoms with Crippen molar-refractivity contribution in [3.63, 3.8) is 0 Å². The third-order valence-electron chi connectivity index (χ3n) is 2.14. The molecule has 0 radical (unpaired) electrons. The number of nitrogens with one attached hydrogen (secondary N) is 1. The molecule has 0 aliphatic heterocycles. The number of carbonyl (C=O) groups excluding carboxylic acids is 1. The Bertz CT molecular complexity index is 504. The Morgan fingerprint density at radius 1 is 1.50 bits per heavy atom. The van der Waals surface area contributed by atoms with E-state index in [4.69, 9.17) is 0 Å². The van der Waals surface area contributed by atoms with Crippen molar-refractivity contribution in [1.82, 2.24) is 5.32 Å². The summed E-state index contributed by atoms with van der Waals surface area (Å²) in [6.07, 6.45) is 0. The molecule has 5 heteroatoms. The summed E-state index contributed by atoms with van der Waals surface area (Å²) < 4.78 is 1.09. The highest BCUT2D eigenvalue weighted by molar-refractivity contribution is 9.11. The van der Waals surface area contributed by atoms with E-state index in [9.17, 15) is 4.79 Å². The van der Waals surface area contributed by atoms with E-state index in [1.165, 1.54) is 11.3 Å². The Kier molecular flexibility index (Phi) is 3.78. The maximum absolute atomic E-state index is 11.8. The van der Waals surface area contributed by atoms with Gasteiger partial charge >= 0.3 is 0 Å². The summed E-state index contributed by atoms with van der Waals surface area (Å²) in [5.41, 5.74) is 2.16. The van der Waals surface area contributed by atoms with Gasteiger partial charge in [0.25, 0.3) is 5.91 Å². The Hall–Kier alpha value is -0.650. The van der Waals surface area contributed by atoms with Crippen LogP contribution in [0.15, 0.2) is 26.7 Å². The molecule has 2 aromatic rings. The fourth-order valence-electron chi connectivity index (χ4n) is 1.31. The summed E-state index contributed by atoms with van der Waals surface area (Å²) >= 11 is 6.50. The Labute approximate surface area is 110 Å². The van der Waals surface area contributed by atoms with Crippen molar-refractivity contribution in [3.05, 3.63) is 42.7 Å². The van der Waals surface area contributed by atoms with E-state index in [1.54, 1.807) is 11.3 Å². The standard InChI is InChI=1S/C11H10BrNOS2/c1-7-2-3-15-10(7)11(14)13-5-8-4-9(12)16-6-8/h2-4,6H,5H2,1H3,(H,13,14). The molecule has 0 aliphatic rings. The van der Waals surface area contributed by atoms with Crippen molar-refractivity contribution >= 4 is 44.5 Å². The molecule has 0 aliphatic carbocycles. The quantitative estimate of drug-likeness (QED) is 0.916. The van der Waals surface area contributed by atoms with Crippen LogP contribution in [0.2, 0.25) is 0 Å². The van der Waals surface area contributed by atoms with Crippen molar-refractivity contribution in [3.8, 4) is 0 Å². The van der Waals surface area contributed by atoms with Gasteiger partial charge in [-0.15, -0.1) is 22.7 Å². The Balaban J connectivity index is 1.96. The smallest absolute Gasteiger partial charge is 0.261 e. The van der Waals surface area contributed by atoms with Crippen molar-refractivity contribution in [2.45, 2.75) is 13.5 Å². The molecule has 2 nitrogen and oxygen atoms in total. The molecule has 0 bridgehead atoms. The second-order valence-electron chi connectivity index (χ2n) is 3.37. The maximum Gasteiger partial charge on any atom is 0.261 e. The second-order valence-corrected chi connectivity index (χ2v) is 6.58. The molecule has 2 rings (SSSR count). The van der Waals surface area contributed by atoms with Gasteiger partial charge in [0.2, 0.25) is 0 Å². The summed E-state index contributed by atoms with van der Waals surface area (Å²) in [5.74, 6) is 0.00909. The topological polar surface area (TPSA) is 29.1 Å². The Morgan fingerprint density at radius 3 is 2.88 bits per heavy atom.